The van der Waals surface area contributed by atoms with Gasteiger partial charge >= 0.3 is 0 Å². The van der Waals surface area contributed by atoms with E-state index >= 15 is 0 Å². The van der Waals surface area contributed by atoms with Crippen LogP contribution in [-0.4, -0.2) is 54.6 Å². The summed E-state index contributed by atoms with van der Waals surface area (Å²) in [6.45, 7) is 2.96. The third-order valence-corrected chi connectivity index (χ3v) is 5.66. The quantitative estimate of drug-likeness (QED) is 0.529. The van der Waals surface area contributed by atoms with E-state index in [1.807, 2.05) is 24.3 Å². The summed E-state index contributed by atoms with van der Waals surface area (Å²) in [6.07, 6.45) is 3.87. The molecular formula is C22H24BrN7O3. The molecule has 2 atom stereocenters. The Morgan fingerprint density at radius 1 is 1.33 bits per heavy atom. The Kier molecular flexibility index (Phi) is 8.32. The highest BCUT2D eigenvalue weighted by Crippen LogP contribution is 2.27. The van der Waals surface area contributed by atoms with Crippen molar-refractivity contribution in [3.8, 4) is 11.8 Å². The van der Waals surface area contributed by atoms with Crippen molar-refractivity contribution in [1.29, 1.82) is 5.26 Å². The second kappa shape index (κ2) is 11.4. The van der Waals surface area contributed by atoms with Crippen LogP contribution >= 0.6 is 15.9 Å². The van der Waals surface area contributed by atoms with Crippen molar-refractivity contribution in [1.82, 2.24) is 20.6 Å². The number of halogens is 1. The van der Waals surface area contributed by atoms with Crippen molar-refractivity contribution in [3.05, 3.63) is 57.8 Å². The molecule has 10 nitrogen and oxygen atoms in total. The summed E-state index contributed by atoms with van der Waals surface area (Å²) in [5.74, 6) is -0.310. The Morgan fingerprint density at radius 3 is 2.76 bits per heavy atom. The van der Waals surface area contributed by atoms with Crippen LogP contribution in [0.5, 0.6) is 5.75 Å². The lowest BCUT2D eigenvalue weighted by molar-refractivity contribution is -0.122. The maximum Gasteiger partial charge on any atom is 0.256 e. The molecule has 0 saturated carbocycles. The monoisotopic (exact) mass is 513 g/mol. The summed E-state index contributed by atoms with van der Waals surface area (Å²) in [7, 11) is 1.48. The van der Waals surface area contributed by atoms with Crippen LogP contribution in [0.25, 0.3) is 0 Å². The van der Waals surface area contributed by atoms with Crippen LogP contribution in [0.15, 0.2) is 51.5 Å². The first kappa shape index (κ1) is 24.1. The van der Waals surface area contributed by atoms with Crippen molar-refractivity contribution < 1.29 is 14.3 Å². The summed E-state index contributed by atoms with van der Waals surface area (Å²) in [4.78, 5) is 29.0. The Balaban J connectivity index is 1.47. The van der Waals surface area contributed by atoms with E-state index < -0.39 is 12.1 Å². The van der Waals surface area contributed by atoms with Crippen molar-refractivity contribution in [3.63, 3.8) is 0 Å². The number of benzene rings is 1. The summed E-state index contributed by atoms with van der Waals surface area (Å²) in [5, 5.41) is 24.6. The molecule has 0 bridgehead atoms. The minimum Gasteiger partial charge on any atom is -0.495 e. The molecule has 2 unspecified atom stereocenters. The number of nitrogens with one attached hydrogen (secondary N) is 2. The van der Waals surface area contributed by atoms with Crippen LogP contribution in [0.3, 0.4) is 0 Å². The number of carbonyl (C=O) groups is 2. The van der Waals surface area contributed by atoms with E-state index in [0.717, 1.165) is 17.5 Å². The van der Waals surface area contributed by atoms with E-state index in [1.54, 1.807) is 11.2 Å². The number of amides is 2. The summed E-state index contributed by atoms with van der Waals surface area (Å²) in [5.41, 5.74) is 2.18. The highest BCUT2D eigenvalue weighted by atomic mass is 79.9. The zero-order valence-electron chi connectivity index (χ0n) is 18.3. The number of aryl methyl sites for hydroxylation is 1. The number of nitriles is 1. The molecule has 11 heteroatoms. The van der Waals surface area contributed by atoms with Crippen molar-refractivity contribution in [2.75, 3.05) is 26.7 Å². The lowest BCUT2D eigenvalue weighted by atomic mass is 10.0. The normalized spacial score (nSPS) is 15.6. The van der Waals surface area contributed by atoms with Gasteiger partial charge in [0.1, 0.15) is 17.4 Å². The highest BCUT2D eigenvalue weighted by molar-refractivity contribution is 9.10. The Morgan fingerprint density at radius 2 is 2.09 bits per heavy atom. The van der Waals surface area contributed by atoms with Gasteiger partial charge in [-0.15, -0.1) is 0 Å². The van der Waals surface area contributed by atoms with Crippen LogP contribution in [0.4, 0.5) is 0 Å². The molecule has 2 heterocycles. The maximum atomic E-state index is 12.6. The average molecular weight is 514 g/mol. The third-order valence-electron chi connectivity index (χ3n) is 5.10. The summed E-state index contributed by atoms with van der Waals surface area (Å²) in [6, 6.07) is 8.19. The predicted octanol–water partition coefficient (Wildman–Crippen LogP) is 2.58. The minimum atomic E-state index is -0.763. The second-order valence-electron chi connectivity index (χ2n) is 7.26. The fourth-order valence-electron chi connectivity index (χ4n) is 3.24. The molecule has 0 spiro atoms. The van der Waals surface area contributed by atoms with Gasteiger partial charge in [-0.25, -0.2) is 0 Å². The smallest absolute Gasteiger partial charge is 0.256 e. The summed E-state index contributed by atoms with van der Waals surface area (Å²) < 4.78 is 5.82. The third kappa shape index (κ3) is 6.04. The molecular weight excluding hydrogens is 490 g/mol. The molecule has 1 aliphatic rings. The zero-order chi connectivity index (χ0) is 23.8. The molecule has 33 heavy (non-hydrogen) atoms. The standard InChI is InChI=1S/C22H24BrN7O3/c1-3-14-4-6-15(7-5-14)18(10-24)27-22(32)19-13-30(29-28-19)9-8-26-21(31)16-11-25-12-17(23)20(16)33-2/h4-7,11-12,18-19H,3,8-9,13H2,1-2H3,(H,26,31)(H,27,32). The van der Waals surface area contributed by atoms with Crippen molar-refractivity contribution in [2.45, 2.75) is 25.4 Å². The molecule has 1 aromatic heterocycles. The van der Waals surface area contributed by atoms with Crippen LogP contribution in [0.1, 0.15) is 34.5 Å². The number of methoxy groups -OCH3 is 1. The van der Waals surface area contributed by atoms with Gasteiger partial charge in [-0.1, -0.05) is 36.4 Å². The van der Waals surface area contributed by atoms with Gasteiger partial charge < -0.3 is 15.4 Å². The van der Waals surface area contributed by atoms with Gasteiger partial charge in [0.2, 0.25) is 5.91 Å². The molecule has 1 aliphatic heterocycles. The first-order valence-electron chi connectivity index (χ1n) is 10.4. The van der Waals surface area contributed by atoms with Gasteiger partial charge in [-0.05, 0) is 33.5 Å². The second-order valence-corrected chi connectivity index (χ2v) is 8.11. The first-order valence-corrected chi connectivity index (χ1v) is 11.2. The van der Waals surface area contributed by atoms with E-state index in [4.69, 9.17) is 4.74 Å². The van der Waals surface area contributed by atoms with Crippen LogP contribution in [-0.2, 0) is 11.2 Å². The van der Waals surface area contributed by atoms with Gasteiger partial charge in [0.25, 0.3) is 5.91 Å². The molecule has 0 fully saturated rings. The topological polar surface area (TPSA) is 132 Å². The zero-order valence-corrected chi connectivity index (χ0v) is 19.9. The van der Waals surface area contributed by atoms with Gasteiger partial charge in [0, 0.05) is 18.9 Å². The van der Waals surface area contributed by atoms with Gasteiger partial charge in [0.05, 0.1) is 30.7 Å². The molecule has 0 aliphatic carbocycles. The van der Waals surface area contributed by atoms with Crippen LogP contribution in [0, 0.1) is 11.3 Å². The molecule has 0 radical (unpaired) electrons. The molecule has 2 aromatic rings. The fourth-order valence-corrected chi connectivity index (χ4v) is 3.73. The van der Waals surface area contributed by atoms with Crippen LogP contribution in [0.2, 0.25) is 0 Å². The Hall–Kier alpha value is -3.52. The Bertz CT molecular complexity index is 1070. The molecule has 0 saturated heterocycles. The van der Waals surface area contributed by atoms with Crippen LogP contribution < -0.4 is 15.4 Å². The van der Waals surface area contributed by atoms with Crippen molar-refractivity contribution in [2.24, 2.45) is 10.3 Å². The largest absolute Gasteiger partial charge is 0.495 e. The predicted molar refractivity (Wildman–Crippen MR) is 123 cm³/mol. The number of pyridine rings is 1. The SMILES string of the molecule is CCc1ccc(C(C#N)NC(=O)C2CN(CCNC(=O)c3cncc(Br)c3OC)N=N2)cc1. The van der Waals surface area contributed by atoms with Gasteiger partial charge in [-0.2, -0.15) is 10.4 Å². The lowest BCUT2D eigenvalue weighted by Gasteiger charge is -2.16. The number of ether oxygens (including phenoxy) is 1. The number of carbonyl (C=O) groups excluding carboxylic acids is 2. The number of nitrogens with zero attached hydrogens (tertiary/aromatic N) is 5. The number of rotatable bonds is 9. The minimum absolute atomic E-state index is 0.260. The van der Waals surface area contributed by atoms with Crippen molar-refractivity contribution >= 4 is 27.7 Å². The number of hydrogen-bond acceptors (Lipinski definition) is 8. The Labute approximate surface area is 200 Å². The average Bonchev–Trinajstić information content (AvgIpc) is 3.31. The maximum absolute atomic E-state index is 12.6. The molecule has 172 valence electrons. The molecule has 3 rings (SSSR count). The number of aromatic nitrogens is 1. The van der Waals surface area contributed by atoms with E-state index in [9.17, 15) is 14.9 Å². The number of hydrogen-bond donors (Lipinski definition) is 2. The summed E-state index contributed by atoms with van der Waals surface area (Å²) >= 11 is 3.30. The van der Waals surface area contributed by atoms with Gasteiger partial charge in [0.15, 0.2) is 6.04 Å². The lowest BCUT2D eigenvalue weighted by Crippen LogP contribution is -2.40. The highest BCUT2D eigenvalue weighted by Gasteiger charge is 2.28. The van der Waals surface area contributed by atoms with E-state index in [1.165, 1.54) is 13.3 Å². The molecule has 2 amide bonds. The van der Waals surface area contributed by atoms with Gasteiger partial charge in [-0.3, -0.25) is 19.6 Å². The van der Waals surface area contributed by atoms with E-state index in [0.29, 0.717) is 22.3 Å². The van der Waals surface area contributed by atoms with E-state index in [2.05, 4.69) is 54.9 Å². The first-order chi connectivity index (χ1) is 16.0. The fraction of sp³-hybridized carbons (Fsp3) is 0.364. The van der Waals surface area contributed by atoms with E-state index in [-0.39, 0.29) is 24.9 Å². The molecule has 2 N–H and O–H groups in total. The molecule has 1 aromatic carbocycles.